The lowest BCUT2D eigenvalue weighted by Crippen LogP contribution is -1.99. The SMILES string of the molecule is [C-]#[N+]c1ccc2c(cnn2CCCCC)c1. The van der Waals surface area contributed by atoms with Gasteiger partial charge in [-0.25, -0.2) is 4.85 Å². The zero-order valence-electron chi connectivity index (χ0n) is 9.48. The molecule has 0 saturated carbocycles. The Bertz CT molecular complexity index is 519. The van der Waals surface area contributed by atoms with Crippen LogP contribution < -0.4 is 0 Å². The molecule has 1 heterocycles. The summed E-state index contributed by atoms with van der Waals surface area (Å²) in [6, 6.07) is 5.74. The van der Waals surface area contributed by atoms with Crippen LogP contribution in [0, 0.1) is 6.57 Å². The maximum absolute atomic E-state index is 6.96. The fraction of sp³-hybridized carbons (Fsp3) is 0.385. The Labute approximate surface area is 95.5 Å². The maximum atomic E-state index is 6.96. The molecule has 0 saturated heterocycles. The molecule has 0 spiro atoms. The summed E-state index contributed by atoms with van der Waals surface area (Å²) in [6.07, 6.45) is 5.47. The van der Waals surface area contributed by atoms with Crippen LogP contribution in [0.5, 0.6) is 0 Å². The van der Waals surface area contributed by atoms with Crippen LogP contribution in [0.2, 0.25) is 0 Å². The molecular weight excluding hydrogens is 198 g/mol. The fourth-order valence-corrected chi connectivity index (χ4v) is 1.83. The first-order valence-corrected chi connectivity index (χ1v) is 5.68. The molecule has 16 heavy (non-hydrogen) atoms. The second kappa shape index (κ2) is 4.80. The number of aromatic nitrogens is 2. The molecule has 0 N–H and O–H groups in total. The first-order valence-electron chi connectivity index (χ1n) is 5.68. The highest BCUT2D eigenvalue weighted by molar-refractivity contribution is 5.82. The van der Waals surface area contributed by atoms with Crippen molar-refractivity contribution in [2.45, 2.75) is 32.7 Å². The van der Waals surface area contributed by atoms with E-state index in [0.29, 0.717) is 5.69 Å². The summed E-state index contributed by atoms with van der Waals surface area (Å²) in [5.74, 6) is 0. The number of hydrogen-bond acceptors (Lipinski definition) is 1. The van der Waals surface area contributed by atoms with Gasteiger partial charge >= 0.3 is 0 Å². The minimum atomic E-state index is 0.681. The van der Waals surface area contributed by atoms with Gasteiger partial charge in [-0.3, -0.25) is 4.68 Å². The molecule has 3 nitrogen and oxygen atoms in total. The molecule has 0 aliphatic carbocycles. The van der Waals surface area contributed by atoms with Crippen LogP contribution >= 0.6 is 0 Å². The molecule has 1 aromatic heterocycles. The normalized spacial score (nSPS) is 10.5. The third-order valence-electron chi connectivity index (χ3n) is 2.73. The number of nitrogens with zero attached hydrogens (tertiary/aromatic N) is 3. The summed E-state index contributed by atoms with van der Waals surface area (Å²) >= 11 is 0. The topological polar surface area (TPSA) is 22.2 Å². The standard InChI is InChI=1S/C13H15N3/c1-3-4-5-8-16-13-7-6-12(14-2)9-11(13)10-15-16/h6-7,9-10H,3-5,8H2,1H3. The number of rotatable bonds is 4. The molecule has 0 fully saturated rings. The van der Waals surface area contributed by atoms with Crippen LogP contribution in [0.1, 0.15) is 26.2 Å². The molecule has 2 rings (SSSR count). The smallest absolute Gasteiger partial charge is 0.188 e. The van der Waals surface area contributed by atoms with Crippen molar-refractivity contribution < 1.29 is 0 Å². The van der Waals surface area contributed by atoms with Crippen molar-refractivity contribution >= 4 is 16.6 Å². The fourth-order valence-electron chi connectivity index (χ4n) is 1.83. The van der Waals surface area contributed by atoms with Gasteiger partial charge in [0.15, 0.2) is 5.69 Å². The Morgan fingerprint density at radius 3 is 3.00 bits per heavy atom. The Kier molecular flexibility index (Phi) is 3.21. The van der Waals surface area contributed by atoms with Crippen LogP contribution in [0.3, 0.4) is 0 Å². The largest absolute Gasteiger partial charge is 0.265 e. The van der Waals surface area contributed by atoms with Crippen molar-refractivity contribution in [3.05, 3.63) is 35.8 Å². The van der Waals surface area contributed by atoms with E-state index in [-0.39, 0.29) is 0 Å². The van der Waals surface area contributed by atoms with E-state index in [1.807, 2.05) is 29.1 Å². The summed E-state index contributed by atoms with van der Waals surface area (Å²) in [6.45, 7) is 10.1. The predicted octanol–water partition coefficient (Wildman–Crippen LogP) is 3.78. The molecule has 0 amide bonds. The predicted molar refractivity (Wildman–Crippen MR) is 65.5 cm³/mol. The Morgan fingerprint density at radius 2 is 2.25 bits per heavy atom. The van der Waals surface area contributed by atoms with Crippen LogP contribution in [-0.2, 0) is 6.54 Å². The Morgan fingerprint density at radius 1 is 1.38 bits per heavy atom. The van der Waals surface area contributed by atoms with E-state index in [1.165, 1.54) is 12.8 Å². The van der Waals surface area contributed by atoms with Gasteiger partial charge in [0.05, 0.1) is 18.3 Å². The van der Waals surface area contributed by atoms with Crippen LogP contribution in [0.25, 0.3) is 15.7 Å². The molecule has 0 unspecified atom stereocenters. The van der Waals surface area contributed by atoms with Gasteiger partial charge in [-0.05, 0) is 18.6 Å². The van der Waals surface area contributed by atoms with E-state index in [2.05, 4.69) is 16.9 Å². The summed E-state index contributed by atoms with van der Waals surface area (Å²) in [4.78, 5) is 3.42. The van der Waals surface area contributed by atoms with Crippen molar-refractivity contribution in [1.29, 1.82) is 0 Å². The van der Waals surface area contributed by atoms with Crippen LogP contribution in [-0.4, -0.2) is 9.78 Å². The third-order valence-corrected chi connectivity index (χ3v) is 2.73. The van der Waals surface area contributed by atoms with Crippen molar-refractivity contribution in [1.82, 2.24) is 9.78 Å². The Balaban J connectivity index is 2.25. The van der Waals surface area contributed by atoms with E-state index in [0.717, 1.165) is 23.9 Å². The molecule has 2 aromatic rings. The minimum absolute atomic E-state index is 0.681. The lowest BCUT2D eigenvalue weighted by molar-refractivity contribution is 0.567. The highest BCUT2D eigenvalue weighted by Crippen LogP contribution is 2.21. The lowest BCUT2D eigenvalue weighted by atomic mass is 10.2. The average molecular weight is 213 g/mol. The van der Waals surface area contributed by atoms with Gasteiger partial charge in [-0.2, -0.15) is 5.10 Å². The van der Waals surface area contributed by atoms with Gasteiger partial charge in [0.2, 0.25) is 0 Å². The third kappa shape index (κ3) is 2.06. The molecule has 0 bridgehead atoms. The van der Waals surface area contributed by atoms with Gasteiger partial charge in [0.1, 0.15) is 0 Å². The van der Waals surface area contributed by atoms with E-state index in [1.54, 1.807) is 0 Å². The van der Waals surface area contributed by atoms with Crippen LogP contribution in [0.15, 0.2) is 24.4 Å². The van der Waals surface area contributed by atoms with Crippen molar-refractivity contribution in [3.8, 4) is 0 Å². The molecule has 1 aromatic carbocycles. The molecule has 0 radical (unpaired) electrons. The van der Waals surface area contributed by atoms with Crippen molar-refractivity contribution in [2.24, 2.45) is 0 Å². The van der Waals surface area contributed by atoms with Crippen molar-refractivity contribution in [2.75, 3.05) is 0 Å². The summed E-state index contributed by atoms with van der Waals surface area (Å²) in [5.41, 5.74) is 1.81. The first-order chi connectivity index (χ1) is 7.85. The monoisotopic (exact) mass is 213 g/mol. The second-order valence-electron chi connectivity index (χ2n) is 3.93. The summed E-state index contributed by atoms with van der Waals surface area (Å²) in [5, 5.41) is 5.42. The van der Waals surface area contributed by atoms with Gasteiger partial charge in [-0.1, -0.05) is 25.8 Å². The second-order valence-corrected chi connectivity index (χ2v) is 3.93. The van der Waals surface area contributed by atoms with Crippen molar-refractivity contribution in [3.63, 3.8) is 0 Å². The molecule has 3 heteroatoms. The van der Waals surface area contributed by atoms with Gasteiger partial charge in [-0.15, -0.1) is 0 Å². The lowest BCUT2D eigenvalue weighted by Gasteiger charge is -2.02. The van der Waals surface area contributed by atoms with E-state index in [4.69, 9.17) is 6.57 Å². The first kappa shape index (κ1) is 10.7. The molecule has 0 aliphatic heterocycles. The van der Waals surface area contributed by atoms with Gasteiger partial charge in [0.25, 0.3) is 0 Å². The van der Waals surface area contributed by atoms with E-state index in [9.17, 15) is 0 Å². The summed E-state index contributed by atoms with van der Waals surface area (Å²) in [7, 11) is 0. The van der Waals surface area contributed by atoms with Crippen LogP contribution in [0.4, 0.5) is 5.69 Å². The number of benzene rings is 1. The number of hydrogen-bond donors (Lipinski definition) is 0. The van der Waals surface area contributed by atoms with E-state index < -0.39 is 0 Å². The molecule has 0 atom stereocenters. The summed E-state index contributed by atoms with van der Waals surface area (Å²) < 4.78 is 2.03. The molecular formula is C13H15N3. The highest BCUT2D eigenvalue weighted by atomic mass is 15.3. The number of unbranched alkanes of at least 4 members (excludes halogenated alkanes) is 2. The van der Waals surface area contributed by atoms with E-state index >= 15 is 0 Å². The molecule has 0 aliphatic rings. The zero-order valence-corrected chi connectivity index (χ0v) is 9.48. The minimum Gasteiger partial charge on any atom is -0.265 e. The maximum Gasteiger partial charge on any atom is 0.188 e. The zero-order chi connectivity index (χ0) is 11.4. The average Bonchev–Trinajstić information content (AvgIpc) is 2.72. The number of fused-ring (bicyclic) bond motifs is 1. The molecule has 82 valence electrons. The Hall–Kier alpha value is -1.82. The van der Waals surface area contributed by atoms with Gasteiger partial charge in [0, 0.05) is 11.9 Å². The number of aryl methyl sites for hydroxylation is 1. The quantitative estimate of drug-likeness (QED) is 0.559. The van der Waals surface area contributed by atoms with Gasteiger partial charge < -0.3 is 0 Å². The highest BCUT2D eigenvalue weighted by Gasteiger charge is 2.02.